The predicted molar refractivity (Wildman–Crippen MR) is 122 cm³/mol. The Morgan fingerprint density at radius 2 is 1.90 bits per heavy atom. The van der Waals surface area contributed by atoms with Crippen molar-refractivity contribution in [2.24, 2.45) is 10.9 Å². The van der Waals surface area contributed by atoms with E-state index in [4.69, 9.17) is 5.73 Å². The molecule has 0 bridgehead atoms. The molecule has 3 heterocycles. The van der Waals surface area contributed by atoms with Crippen molar-refractivity contribution in [2.75, 3.05) is 26.2 Å². The molecule has 0 atom stereocenters. The lowest BCUT2D eigenvalue weighted by molar-refractivity contribution is 0.295. The monoisotopic (exact) mass is 412 g/mol. The molecule has 0 unspecified atom stereocenters. The molecular weight excluding hydrogens is 388 g/mol. The number of amidine groups is 1. The number of nitrogens with zero attached hydrogens (tertiary/aromatic N) is 4. The lowest BCUT2D eigenvalue weighted by Gasteiger charge is -2.31. The Bertz CT molecular complexity index is 1220. The van der Waals surface area contributed by atoms with Crippen molar-refractivity contribution in [3.8, 4) is 11.3 Å². The molecule has 1 saturated heterocycles. The van der Waals surface area contributed by atoms with E-state index in [1.54, 1.807) is 0 Å². The highest BCUT2D eigenvalue weighted by Crippen LogP contribution is 2.35. The number of nitrogens with one attached hydrogen (secondary N) is 1. The fourth-order valence-corrected chi connectivity index (χ4v) is 4.26. The van der Waals surface area contributed by atoms with Gasteiger partial charge in [0.05, 0.1) is 11.2 Å². The van der Waals surface area contributed by atoms with E-state index < -0.39 is 0 Å². The Balaban J connectivity index is 1.48. The summed E-state index contributed by atoms with van der Waals surface area (Å²) >= 11 is 0. The SMILES string of the molecule is NC(=NO)C1=C(N2CCNCC2)CC(c2ccnc(-c3cnc4ccccc4c3)c2)=C1. The highest BCUT2D eigenvalue weighted by molar-refractivity contribution is 6.03. The van der Waals surface area contributed by atoms with E-state index in [2.05, 4.69) is 43.5 Å². The molecule has 1 aromatic carbocycles. The number of benzene rings is 1. The van der Waals surface area contributed by atoms with Crippen molar-refractivity contribution in [3.63, 3.8) is 0 Å². The second-order valence-electron chi connectivity index (χ2n) is 7.78. The molecule has 2 aliphatic rings. The largest absolute Gasteiger partial charge is 0.409 e. The molecule has 3 aromatic rings. The molecule has 1 aliphatic heterocycles. The Morgan fingerprint density at radius 1 is 1.06 bits per heavy atom. The van der Waals surface area contributed by atoms with Crippen LogP contribution in [0, 0.1) is 0 Å². The molecule has 4 N–H and O–H groups in total. The van der Waals surface area contributed by atoms with Crippen LogP contribution in [0.1, 0.15) is 12.0 Å². The molecule has 0 saturated carbocycles. The first-order valence-corrected chi connectivity index (χ1v) is 10.4. The molecule has 7 heteroatoms. The van der Waals surface area contributed by atoms with Gasteiger partial charge in [-0.15, -0.1) is 0 Å². The number of rotatable bonds is 4. The third-order valence-electron chi connectivity index (χ3n) is 5.89. The fourth-order valence-electron chi connectivity index (χ4n) is 4.26. The van der Waals surface area contributed by atoms with E-state index in [9.17, 15) is 5.21 Å². The minimum absolute atomic E-state index is 0.150. The summed E-state index contributed by atoms with van der Waals surface area (Å²) in [7, 11) is 0. The van der Waals surface area contributed by atoms with Crippen LogP contribution in [0.15, 0.2) is 77.4 Å². The summed E-state index contributed by atoms with van der Waals surface area (Å²) in [5, 5.41) is 17.0. The number of pyridine rings is 2. The molecule has 0 amide bonds. The molecular formula is C24H24N6O. The quantitative estimate of drug-likeness (QED) is 0.264. The molecule has 1 aliphatic carbocycles. The van der Waals surface area contributed by atoms with Crippen molar-refractivity contribution in [1.82, 2.24) is 20.2 Å². The standard InChI is InChI=1S/C24H24N6O/c25-24(29-31)20-12-18(14-23(20)30-9-7-26-8-10-30)16-5-6-27-22(13-16)19-11-17-3-1-2-4-21(17)28-15-19/h1-6,11-13,15,26,31H,7-10,14H2,(H2,25,29). The number of piperazine rings is 1. The van der Waals surface area contributed by atoms with Gasteiger partial charge in [-0.3, -0.25) is 9.97 Å². The van der Waals surface area contributed by atoms with Gasteiger partial charge in [0.1, 0.15) is 0 Å². The normalized spacial score (nSPS) is 17.4. The van der Waals surface area contributed by atoms with Gasteiger partial charge in [0.25, 0.3) is 0 Å². The Morgan fingerprint density at radius 3 is 2.74 bits per heavy atom. The van der Waals surface area contributed by atoms with E-state index in [1.807, 2.05) is 42.7 Å². The van der Waals surface area contributed by atoms with Crippen LogP contribution >= 0.6 is 0 Å². The Hall–Kier alpha value is -3.71. The highest BCUT2D eigenvalue weighted by atomic mass is 16.4. The number of para-hydroxylation sites is 1. The van der Waals surface area contributed by atoms with Crippen molar-refractivity contribution in [3.05, 3.63) is 77.8 Å². The lowest BCUT2D eigenvalue weighted by Crippen LogP contribution is -2.43. The molecule has 0 spiro atoms. The van der Waals surface area contributed by atoms with Crippen LogP contribution < -0.4 is 11.1 Å². The third kappa shape index (κ3) is 3.75. The van der Waals surface area contributed by atoms with Crippen LogP contribution in [-0.4, -0.2) is 52.1 Å². The van der Waals surface area contributed by atoms with Gasteiger partial charge in [-0.2, -0.15) is 0 Å². The number of oxime groups is 1. The summed E-state index contributed by atoms with van der Waals surface area (Å²) in [5.41, 5.74) is 13.0. The van der Waals surface area contributed by atoms with E-state index in [-0.39, 0.29) is 5.84 Å². The average molecular weight is 412 g/mol. The second-order valence-corrected chi connectivity index (χ2v) is 7.78. The summed E-state index contributed by atoms with van der Waals surface area (Å²) in [6.07, 6.45) is 6.46. The third-order valence-corrected chi connectivity index (χ3v) is 5.89. The van der Waals surface area contributed by atoms with E-state index in [0.717, 1.165) is 77.2 Å². The smallest absolute Gasteiger partial charge is 0.171 e. The van der Waals surface area contributed by atoms with Crippen molar-refractivity contribution in [2.45, 2.75) is 6.42 Å². The maximum Gasteiger partial charge on any atom is 0.171 e. The predicted octanol–water partition coefficient (Wildman–Crippen LogP) is 2.99. The number of hydrogen-bond donors (Lipinski definition) is 3. The zero-order valence-electron chi connectivity index (χ0n) is 17.1. The zero-order valence-corrected chi connectivity index (χ0v) is 17.1. The van der Waals surface area contributed by atoms with Crippen molar-refractivity contribution < 1.29 is 5.21 Å². The van der Waals surface area contributed by atoms with Crippen LogP contribution in [-0.2, 0) is 0 Å². The molecule has 1 fully saturated rings. The first-order valence-electron chi connectivity index (χ1n) is 10.4. The minimum atomic E-state index is 0.150. The summed E-state index contributed by atoms with van der Waals surface area (Å²) in [6.45, 7) is 3.67. The highest BCUT2D eigenvalue weighted by Gasteiger charge is 2.25. The topological polar surface area (TPSA) is 99.7 Å². The molecule has 2 aromatic heterocycles. The maximum atomic E-state index is 9.30. The molecule has 5 rings (SSSR count). The van der Waals surface area contributed by atoms with E-state index >= 15 is 0 Å². The first-order chi connectivity index (χ1) is 15.2. The summed E-state index contributed by atoms with van der Waals surface area (Å²) in [6, 6.07) is 14.3. The van der Waals surface area contributed by atoms with Gasteiger partial charge in [-0.25, -0.2) is 0 Å². The Labute approximate surface area is 180 Å². The number of allylic oxidation sites excluding steroid dienone is 1. The van der Waals surface area contributed by atoms with Gasteiger partial charge in [0, 0.05) is 67.2 Å². The summed E-state index contributed by atoms with van der Waals surface area (Å²) < 4.78 is 0. The Kier molecular flexibility index (Phi) is 5.09. The van der Waals surface area contributed by atoms with E-state index in [1.165, 1.54) is 0 Å². The first kappa shape index (κ1) is 19.3. The van der Waals surface area contributed by atoms with Crippen LogP contribution in [0.2, 0.25) is 0 Å². The van der Waals surface area contributed by atoms with Gasteiger partial charge < -0.3 is 21.2 Å². The van der Waals surface area contributed by atoms with Gasteiger partial charge in [-0.1, -0.05) is 23.4 Å². The molecule has 156 valence electrons. The van der Waals surface area contributed by atoms with Gasteiger partial charge in [0.2, 0.25) is 0 Å². The maximum absolute atomic E-state index is 9.30. The molecule has 7 nitrogen and oxygen atoms in total. The number of nitrogens with two attached hydrogens (primary N) is 1. The zero-order chi connectivity index (χ0) is 21.2. The second kappa shape index (κ2) is 8.20. The molecule has 0 radical (unpaired) electrons. The van der Waals surface area contributed by atoms with Gasteiger partial charge in [-0.05, 0) is 41.5 Å². The fraction of sp³-hybridized carbons (Fsp3) is 0.208. The minimum Gasteiger partial charge on any atom is -0.409 e. The van der Waals surface area contributed by atoms with Crippen LogP contribution in [0.4, 0.5) is 0 Å². The van der Waals surface area contributed by atoms with Crippen LogP contribution in [0.3, 0.4) is 0 Å². The summed E-state index contributed by atoms with van der Waals surface area (Å²) in [4.78, 5) is 11.5. The van der Waals surface area contributed by atoms with Crippen molar-refractivity contribution in [1.29, 1.82) is 0 Å². The average Bonchev–Trinajstić information content (AvgIpc) is 3.29. The van der Waals surface area contributed by atoms with Gasteiger partial charge >= 0.3 is 0 Å². The lowest BCUT2D eigenvalue weighted by atomic mass is 10.0. The number of aromatic nitrogens is 2. The van der Waals surface area contributed by atoms with E-state index in [0.29, 0.717) is 0 Å². The van der Waals surface area contributed by atoms with Crippen LogP contribution in [0.25, 0.3) is 27.7 Å². The number of fused-ring (bicyclic) bond motifs is 1. The molecule has 31 heavy (non-hydrogen) atoms. The summed E-state index contributed by atoms with van der Waals surface area (Å²) in [5.74, 6) is 0.150. The van der Waals surface area contributed by atoms with Crippen LogP contribution in [0.5, 0.6) is 0 Å². The number of hydrogen-bond acceptors (Lipinski definition) is 6. The van der Waals surface area contributed by atoms with Crippen molar-refractivity contribution >= 4 is 22.3 Å². The van der Waals surface area contributed by atoms with Gasteiger partial charge in [0.15, 0.2) is 5.84 Å².